The number of hydrogen-bond donors (Lipinski definition) is 2. The third-order valence-electron chi connectivity index (χ3n) is 4.86. The van der Waals surface area contributed by atoms with Crippen LogP contribution in [0.1, 0.15) is 31.9 Å². The first-order valence-electron chi connectivity index (χ1n) is 9.23. The summed E-state index contributed by atoms with van der Waals surface area (Å²) in [5, 5.41) is 12.2. The van der Waals surface area contributed by atoms with Crippen molar-refractivity contribution in [1.29, 1.82) is 0 Å². The molecule has 2 aromatic heterocycles. The predicted molar refractivity (Wildman–Crippen MR) is 112 cm³/mol. The van der Waals surface area contributed by atoms with Gasteiger partial charge in [0.1, 0.15) is 0 Å². The van der Waals surface area contributed by atoms with E-state index in [1.165, 1.54) is 22.3 Å². The Morgan fingerprint density at radius 3 is 2.37 bits per heavy atom. The summed E-state index contributed by atoms with van der Waals surface area (Å²) in [5.74, 6) is 0.873. The summed E-state index contributed by atoms with van der Waals surface area (Å²) < 4.78 is 0. The monoisotopic (exact) mass is 356 g/mol. The summed E-state index contributed by atoms with van der Waals surface area (Å²) in [6.45, 7) is 7.42. The second-order valence-corrected chi connectivity index (χ2v) is 7.84. The van der Waals surface area contributed by atoms with Gasteiger partial charge in [-0.3, -0.25) is 10.1 Å². The van der Waals surface area contributed by atoms with Crippen molar-refractivity contribution in [3.05, 3.63) is 78.1 Å². The normalized spacial score (nSPS) is 11.7. The van der Waals surface area contributed by atoms with Gasteiger partial charge in [0.2, 0.25) is 0 Å². The molecule has 0 aliphatic rings. The molecule has 0 amide bonds. The van der Waals surface area contributed by atoms with E-state index >= 15 is 0 Å². The Morgan fingerprint density at radius 2 is 1.67 bits per heavy atom. The van der Waals surface area contributed by atoms with Gasteiger partial charge >= 0.3 is 0 Å². The fourth-order valence-corrected chi connectivity index (χ4v) is 3.28. The molecule has 0 saturated carbocycles. The van der Waals surface area contributed by atoms with Crippen LogP contribution < -0.4 is 5.32 Å². The Labute approximate surface area is 159 Å². The van der Waals surface area contributed by atoms with E-state index in [0.29, 0.717) is 6.54 Å². The quantitative estimate of drug-likeness (QED) is 0.505. The van der Waals surface area contributed by atoms with Crippen LogP contribution in [0.3, 0.4) is 0 Å². The molecule has 4 nitrogen and oxygen atoms in total. The predicted octanol–water partition coefficient (Wildman–Crippen LogP) is 5.53. The lowest BCUT2D eigenvalue weighted by atomic mass is 9.86. The molecule has 4 heteroatoms. The van der Waals surface area contributed by atoms with Crippen molar-refractivity contribution in [2.24, 2.45) is 0 Å². The van der Waals surface area contributed by atoms with E-state index < -0.39 is 0 Å². The number of benzene rings is 2. The van der Waals surface area contributed by atoms with Gasteiger partial charge < -0.3 is 5.32 Å². The maximum atomic E-state index is 4.50. The number of H-pyrrole nitrogens is 1. The molecular weight excluding hydrogens is 332 g/mol. The average Bonchev–Trinajstić information content (AvgIpc) is 3.10. The van der Waals surface area contributed by atoms with Crippen molar-refractivity contribution < 1.29 is 0 Å². The second-order valence-electron chi connectivity index (χ2n) is 7.84. The first-order valence-corrected chi connectivity index (χ1v) is 9.23. The number of aromatic nitrogens is 3. The zero-order valence-corrected chi connectivity index (χ0v) is 16.0. The van der Waals surface area contributed by atoms with Crippen LogP contribution in [0.5, 0.6) is 0 Å². The molecule has 4 aromatic rings. The minimum absolute atomic E-state index is 0.150. The van der Waals surface area contributed by atoms with Crippen molar-refractivity contribution in [2.45, 2.75) is 32.7 Å². The number of nitrogens with one attached hydrogen (secondary N) is 2. The zero-order chi connectivity index (χ0) is 18.9. The minimum Gasteiger partial charge on any atom is -0.364 e. The highest BCUT2D eigenvalue weighted by Crippen LogP contribution is 2.34. The summed E-state index contributed by atoms with van der Waals surface area (Å²) >= 11 is 0. The van der Waals surface area contributed by atoms with Crippen LogP contribution in [-0.4, -0.2) is 15.2 Å². The Hall–Kier alpha value is -3.14. The summed E-state index contributed by atoms with van der Waals surface area (Å²) in [6.07, 6.45) is 3.61. The number of fused-ring (bicyclic) bond motifs is 1. The number of aromatic amines is 1. The molecule has 0 aliphatic heterocycles. The number of anilines is 1. The Balaban J connectivity index is 1.70. The van der Waals surface area contributed by atoms with Gasteiger partial charge in [0, 0.05) is 18.9 Å². The largest absolute Gasteiger partial charge is 0.364 e. The van der Waals surface area contributed by atoms with Gasteiger partial charge in [0.05, 0.1) is 10.9 Å². The van der Waals surface area contributed by atoms with Crippen molar-refractivity contribution in [3.8, 4) is 11.1 Å². The van der Waals surface area contributed by atoms with Gasteiger partial charge in [-0.25, -0.2) is 0 Å². The van der Waals surface area contributed by atoms with Gasteiger partial charge in [-0.1, -0.05) is 57.2 Å². The molecular formula is C23H24N4. The van der Waals surface area contributed by atoms with Gasteiger partial charge in [-0.2, -0.15) is 5.10 Å². The standard InChI is InChI=1S/C23H24N4/c1-23(2,3)18-9-7-17(8-10-18)19-5-4-6-20-21(19)22(27-26-20)25-15-16-11-13-24-14-12-16/h4-14H,15H2,1-3H3,(H2,25,26,27). The molecule has 0 saturated heterocycles. The summed E-state index contributed by atoms with van der Waals surface area (Å²) in [4.78, 5) is 4.07. The number of nitrogens with zero attached hydrogens (tertiary/aromatic N) is 2. The first-order chi connectivity index (χ1) is 13.0. The summed E-state index contributed by atoms with van der Waals surface area (Å²) in [7, 11) is 0. The topological polar surface area (TPSA) is 53.6 Å². The molecule has 0 fully saturated rings. The van der Waals surface area contributed by atoms with Crippen molar-refractivity contribution >= 4 is 16.7 Å². The number of rotatable bonds is 4. The van der Waals surface area contributed by atoms with Crippen molar-refractivity contribution in [3.63, 3.8) is 0 Å². The third-order valence-corrected chi connectivity index (χ3v) is 4.86. The first kappa shape index (κ1) is 17.3. The van der Waals surface area contributed by atoms with Gasteiger partial charge in [0.25, 0.3) is 0 Å². The Bertz CT molecular complexity index is 1040. The molecule has 2 aromatic carbocycles. The van der Waals surface area contributed by atoms with Gasteiger partial charge in [-0.15, -0.1) is 0 Å². The highest BCUT2D eigenvalue weighted by molar-refractivity contribution is 6.02. The van der Waals surface area contributed by atoms with Crippen molar-refractivity contribution in [2.75, 3.05) is 5.32 Å². The van der Waals surface area contributed by atoms with Crippen molar-refractivity contribution in [1.82, 2.24) is 15.2 Å². The highest BCUT2D eigenvalue weighted by Gasteiger charge is 2.15. The van der Waals surface area contributed by atoms with Crippen LogP contribution in [-0.2, 0) is 12.0 Å². The van der Waals surface area contributed by atoms with E-state index in [9.17, 15) is 0 Å². The summed E-state index contributed by atoms with van der Waals surface area (Å²) in [5.41, 5.74) is 6.07. The Morgan fingerprint density at radius 1 is 0.926 bits per heavy atom. The molecule has 0 spiro atoms. The molecule has 4 rings (SSSR count). The van der Waals surface area contributed by atoms with Crippen LogP contribution in [0.15, 0.2) is 67.0 Å². The van der Waals surface area contributed by atoms with E-state index in [4.69, 9.17) is 0 Å². The van der Waals surface area contributed by atoms with E-state index in [1.807, 2.05) is 24.5 Å². The van der Waals surface area contributed by atoms with E-state index in [1.54, 1.807) is 0 Å². The second kappa shape index (κ2) is 6.88. The average molecular weight is 356 g/mol. The van der Waals surface area contributed by atoms with E-state index in [-0.39, 0.29) is 5.41 Å². The minimum atomic E-state index is 0.150. The molecule has 0 atom stereocenters. The van der Waals surface area contributed by atoms with E-state index in [0.717, 1.165) is 16.7 Å². The fourth-order valence-electron chi connectivity index (χ4n) is 3.28. The van der Waals surface area contributed by atoms with Crippen LogP contribution >= 0.6 is 0 Å². The molecule has 0 aliphatic carbocycles. The molecule has 27 heavy (non-hydrogen) atoms. The highest BCUT2D eigenvalue weighted by atomic mass is 15.2. The molecule has 0 unspecified atom stereocenters. The van der Waals surface area contributed by atoms with Gasteiger partial charge in [-0.05, 0) is 45.9 Å². The van der Waals surface area contributed by atoms with Gasteiger partial charge in [0.15, 0.2) is 5.82 Å². The van der Waals surface area contributed by atoms with Crippen LogP contribution in [0.4, 0.5) is 5.82 Å². The lowest BCUT2D eigenvalue weighted by Crippen LogP contribution is -2.10. The Kier molecular flexibility index (Phi) is 4.40. The maximum absolute atomic E-state index is 4.50. The zero-order valence-electron chi connectivity index (χ0n) is 16.0. The molecule has 136 valence electrons. The summed E-state index contributed by atoms with van der Waals surface area (Å²) in [6, 6.07) is 19.2. The third kappa shape index (κ3) is 3.56. The van der Waals surface area contributed by atoms with Crippen LogP contribution in [0.2, 0.25) is 0 Å². The fraction of sp³-hybridized carbons (Fsp3) is 0.217. The molecule has 2 heterocycles. The lowest BCUT2D eigenvalue weighted by molar-refractivity contribution is 0.590. The molecule has 2 N–H and O–H groups in total. The SMILES string of the molecule is CC(C)(C)c1ccc(-c2cccc3[nH]nc(NCc4ccncc4)c23)cc1. The lowest BCUT2D eigenvalue weighted by Gasteiger charge is -2.19. The maximum Gasteiger partial charge on any atom is 0.156 e. The molecule has 0 radical (unpaired) electrons. The van der Waals surface area contributed by atoms with Crippen LogP contribution in [0, 0.1) is 0 Å². The van der Waals surface area contributed by atoms with Crippen LogP contribution in [0.25, 0.3) is 22.0 Å². The molecule has 0 bridgehead atoms. The number of pyridine rings is 1. The van der Waals surface area contributed by atoms with E-state index in [2.05, 4.69) is 83.7 Å². The number of hydrogen-bond acceptors (Lipinski definition) is 3. The smallest absolute Gasteiger partial charge is 0.156 e.